The molecule has 0 heterocycles. The molecule has 0 aliphatic rings. The van der Waals surface area contributed by atoms with Crippen LogP contribution in [0, 0.1) is 12.7 Å². The van der Waals surface area contributed by atoms with Gasteiger partial charge in [-0.05, 0) is 42.7 Å². The Labute approximate surface area is 120 Å². The van der Waals surface area contributed by atoms with Crippen LogP contribution in [0.5, 0.6) is 0 Å². The second kappa shape index (κ2) is 5.85. The predicted molar refractivity (Wildman–Crippen MR) is 77.6 cm³/mol. The van der Waals surface area contributed by atoms with Gasteiger partial charge in [-0.3, -0.25) is 0 Å². The van der Waals surface area contributed by atoms with Gasteiger partial charge in [0.15, 0.2) is 0 Å². The summed E-state index contributed by atoms with van der Waals surface area (Å²) < 4.78 is 14.0. The van der Waals surface area contributed by atoms with Crippen molar-refractivity contribution in [3.05, 3.63) is 69.4 Å². The fourth-order valence-corrected chi connectivity index (χ4v) is 2.71. The van der Waals surface area contributed by atoms with Crippen molar-refractivity contribution in [3.8, 4) is 0 Å². The van der Waals surface area contributed by atoms with E-state index in [1.165, 1.54) is 17.7 Å². The van der Waals surface area contributed by atoms with E-state index < -0.39 is 0 Å². The quantitative estimate of drug-likeness (QED) is 0.660. The Bertz CT molecular complexity index is 534. The zero-order valence-electron chi connectivity index (χ0n) is 9.96. The van der Waals surface area contributed by atoms with E-state index in [1.807, 2.05) is 31.2 Å². The normalized spacial score (nSPS) is 12.4. The van der Waals surface area contributed by atoms with Crippen molar-refractivity contribution in [2.24, 2.45) is 0 Å². The molecule has 3 heteroatoms. The molecule has 0 N–H and O–H groups in total. The van der Waals surface area contributed by atoms with Crippen LogP contribution in [0.1, 0.15) is 22.1 Å². The molecule has 1 unspecified atom stereocenters. The molecule has 0 saturated heterocycles. The van der Waals surface area contributed by atoms with E-state index in [9.17, 15) is 4.39 Å². The highest BCUT2D eigenvalue weighted by molar-refractivity contribution is 9.10. The molecule has 0 fully saturated rings. The van der Waals surface area contributed by atoms with Crippen molar-refractivity contribution in [1.29, 1.82) is 0 Å². The number of halogens is 3. The maximum Gasteiger partial charge on any atom is 0.124 e. The van der Waals surface area contributed by atoms with E-state index in [1.54, 1.807) is 0 Å². The molecule has 2 aromatic rings. The molecule has 1 atom stereocenters. The number of hydrogen-bond donors (Lipinski definition) is 0. The summed E-state index contributed by atoms with van der Waals surface area (Å²) in [7, 11) is 0. The minimum Gasteiger partial charge on any atom is -0.207 e. The maximum atomic E-state index is 13.3. The molecule has 0 saturated carbocycles. The van der Waals surface area contributed by atoms with Gasteiger partial charge in [-0.1, -0.05) is 45.8 Å². The minimum absolute atomic E-state index is 0.223. The van der Waals surface area contributed by atoms with Crippen LogP contribution in [-0.2, 0) is 6.42 Å². The van der Waals surface area contributed by atoms with Gasteiger partial charge in [0.2, 0.25) is 0 Å². The van der Waals surface area contributed by atoms with Gasteiger partial charge in [0, 0.05) is 4.47 Å². The minimum atomic E-state index is -0.269. The third-order valence-corrected chi connectivity index (χ3v) is 3.61. The van der Waals surface area contributed by atoms with Crippen molar-refractivity contribution in [2.75, 3.05) is 0 Å². The van der Waals surface area contributed by atoms with Gasteiger partial charge in [-0.2, -0.15) is 0 Å². The van der Waals surface area contributed by atoms with Crippen LogP contribution < -0.4 is 0 Å². The summed E-state index contributed by atoms with van der Waals surface area (Å²) in [5.41, 5.74) is 3.16. The Hall–Kier alpha value is -0.860. The molecule has 0 bridgehead atoms. The van der Waals surface area contributed by atoms with Crippen molar-refractivity contribution in [1.82, 2.24) is 0 Å². The molecule has 2 aromatic carbocycles. The number of benzene rings is 2. The highest BCUT2D eigenvalue weighted by Crippen LogP contribution is 2.28. The summed E-state index contributed by atoms with van der Waals surface area (Å²) >= 11 is 9.63. The molecule has 0 nitrogen and oxygen atoms in total. The zero-order chi connectivity index (χ0) is 13.1. The van der Waals surface area contributed by atoms with Gasteiger partial charge in [-0.25, -0.2) is 4.39 Å². The fourth-order valence-electron chi connectivity index (χ4n) is 1.92. The Kier molecular flexibility index (Phi) is 4.41. The fraction of sp³-hybridized carbons (Fsp3) is 0.200. The standard InChI is InChI=1S/C15H13BrClF/c1-10-3-2-4-11(5-10)6-15(17)12-7-13(16)9-14(18)8-12/h2-5,7-9,15H,6H2,1H3. The van der Waals surface area contributed by atoms with Crippen molar-refractivity contribution in [2.45, 2.75) is 18.7 Å². The lowest BCUT2D eigenvalue weighted by Crippen LogP contribution is -1.97. The lowest BCUT2D eigenvalue weighted by molar-refractivity contribution is 0.623. The van der Waals surface area contributed by atoms with E-state index in [0.29, 0.717) is 10.9 Å². The summed E-state index contributed by atoms with van der Waals surface area (Å²) in [4.78, 5) is 0. The molecule has 94 valence electrons. The second-order valence-electron chi connectivity index (χ2n) is 4.36. The molecule has 2 rings (SSSR count). The van der Waals surface area contributed by atoms with Gasteiger partial charge < -0.3 is 0 Å². The zero-order valence-corrected chi connectivity index (χ0v) is 12.3. The molecular formula is C15H13BrClF. The molecule has 18 heavy (non-hydrogen) atoms. The van der Waals surface area contributed by atoms with E-state index >= 15 is 0 Å². The Morgan fingerprint density at radius 3 is 2.67 bits per heavy atom. The number of aryl methyl sites for hydroxylation is 1. The van der Waals surface area contributed by atoms with Crippen LogP contribution in [0.4, 0.5) is 4.39 Å². The molecule has 0 radical (unpaired) electrons. The predicted octanol–water partition coefficient (Wildman–Crippen LogP) is 5.42. The first kappa shape index (κ1) is 13.6. The lowest BCUT2D eigenvalue weighted by atomic mass is 10.0. The topological polar surface area (TPSA) is 0 Å². The molecule has 0 aliphatic carbocycles. The van der Waals surface area contributed by atoms with E-state index in [4.69, 9.17) is 11.6 Å². The number of alkyl halides is 1. The van der Waals surface area contributed by atoms with E-state index in [-0.39, 0.29) is 11.2 Å². The highest BCUT2D eigenvalue weighted by atomic mass is 79.9. The first-order valence-electron chi connectivity index (χ1n) is 5.70. The summed E-state index contributed by atoms with van der Waals surface area (Å²) in [5.74, 6) is -0.269. The molecular weight excluding hydrogens is 315 g/mol. The van der Waals surface area contributed by atoms with Crippen molar-refractivity contribution >= 4 is 27.5 Å². The SMILES string of the molecule is Cc1cccc(CC(Cl)c2cc(F)cc(Br)c2)c1. The van der Waals surface area contributed by atoms with Gasteiger partial charge in [0.1, 0.15) is 5.82 Å². The average Bonchev–Trinajstić information content (AvgIpc) is 2.27. The largest absolute Gasteiger partial charge is 0.207 e. The summed E-state index contributed by atoms with van der Waals surface area (Å²) in [6.07, 6.45) is 0.694. The van der Waals surface area contributed by atoms with E-state index in [0.717, 1.165) is 11.1 Å². The van der Waals surface area contributed by atoms with Crippen LogP contribution in [-0.4, -0.2) is 0 Å². The van der Waals surface area contributed by atoms with Crippen molar-refractivity contribution < 1.29 is 4.39 Å². The Morgan fingerprint density at radius 1 is 1.22 bits per heavy atom. The summed E-state index contributed by atoms with van der Waals surface area (Å²) in [6, 6.07) is 13.0. The molecule has 0 spiro atoms. The smallest absolute Gasteiger partial charge is 0.124 e. The van der Waals surface area contributed by atoms with Crippen LogP contribution in [0.15, 0.2) is 46.9 Å². The lowest BCUT2D eigenvalue weighted by Gasteiger charge is -2.11. The van der Waals surface area contributed by atoms with Gasteiger partial charge in [0.05, 0.1) is 5.38 Å². The maximum absolute atomic E-state index is 13.3. The molecule has 0 aliphatic heterocycles. The van der Waals surface area contributed by atoms with Crippen LogP contribution >= 0.6 is 27.5 Å². The average molecular weight is 328 g/mol. The van der Waals surface area contributed by atoms with Crippen LogP contribution in [0.3, 0.4) is 0 Å². The Balaban J connectivity index is 2.19. The Morgan fingerprint density at radius 2 is 2.00 bits per heavy atom. The number of hydrogen-bond acceptors (Lipinski definition) is 0. The second-order valence-corrected chi connectivity index (χ2v) is 5.81. The summed E-state index contributed by atoms with van der Waals surface area (Å²) in [6.45, 7) is 2.05. The highest BCUT2D eigenvalue weighted by Gasteiger charge is 2.11. The van der Waals surface area contributed by atoms with Crippen molar-refractivity contribution in [3.63, 3.8) is 0 Å². The van der Waals surface area contributed by atoms with Crippen LogP contribution in [0.2, 0.25) is 0 Å². The van der Waals surface area contributed by atoms with Gasteiger partial charge in [0.25, 0.3) is 0 Å². The third-order valence-electron chi connectivity index (χ3n) is 2.74. The third kappa shape index (κ3) is 3.56. The van der Waals surface area contributed by atoms with Crippen LogP contribution in [0.25, 0.3) is 0 Å². The first-order chi connectivity index (χ1) is 8.54. The first-order valence-corrected chi connectivity index (χ1v) is 6.93. The number of rotatable bonds is 3. The summed E-state index contributed by atoms with van der Waals surface area (Å²) in [5, 5.41) is -0.223. The molecule has 0 amide bonds. The van der Waals surface area contributed by atoms with Gasteiger partial charge in [-0.15, -0.1) is 11.6 Å². The monoisotopic (exact) mass is 326 g/mol. The van der Waals surface area contributed by atoms with Gasteiger partial charge >= 0.3 is 0 Å². The molecule has 0 aromatic heterocycles. The van der Waals surface area contributed by atoms with E-state index in [2.05, 4.69) is 22.0 Å².